The van der Waals surface area contributed by atoms with E-state index in [2.05, 4.69) is 44.7 Å². The van der Waals surface area contributed by atoms with Gasteiger partial charge in [-0.3, -0.25) is 4.90 Å². The van der Waals surface area contributed by atoms with E-state index in [4.69, 9.17) is 4.74 Å². The predicted molar refractivity (Wildman–Crippen MR) is 105 cm³/mol. The topological polar surface area (TPSA) is 75.5 Å². The zero-order valence-corrected chi connectivity index (χ0v) is 16.4. The lowest BCUT2D eigenvalue weighted by Gasteiger charge is -2.38. The fourth-order valence-electron chi connectivity index (χ4n) is 4.14. The average Bonchev–Trinajstić information content (AvgIpc) is 3.37. The van der Waals surface area contributed by atoms with Gasteiger partial charge in [0.15, 0.2) is 5.82 Å². The molecule has 8 nitrogen and oxygen atoms in total. The van der Waals surface area contributed by atoms with Crippen LogP contribution < -0.4 is 5.32 Å². The Morgan fingerprint density at radius 1 is 1.18 bits per heavy atom. The van der Waals surface area contributed by atoms with Gasteiger partial charge in [0.25, 0.3) is 0 Å². The number of piperazine rings is 1. The lowest BCUT2D eigenvalue weighted by Crippen LogP contribution is -2.54. The molecule has 1 saturated heterocycles. The predicted octanol–water partition coefficient (Wildman–Crippen LogP) is 0.919. The van der Waals surface area contributed by atoms with E-state index >= 15 is 0 Å². The number of hydrogen-bond donors (Lipinski definition) is 1. The smallest absolute Gasteiger partial charge is 0.317 e. The minimum Gasteiger partial charge on any atom is -0.383 e. The molecule has 0 spiro atoms. The summed E-state index contributed by atoms with van der Waals surface area (Å²) >= 11 is 0. The highest BCUT2D eigenvalue weighted by atomic mass is 16.5. The first-order valence-electron chi connectivity index (χ1n) is 9.94. The van der Waals surface area contributed by atoms with Crippen LogP contribution in [0.1, 0.15) is 17.0 Å². The van der Waals surface area contributed by atoms with Gasteiger partial charge in [-0.15, -0.1) is 10.2 Å². The summed E-state index contributed by atoms with van der Waals surface area (Å²) in [4.78, 5) is 17.0. The summed E-state index contributed by atoms with van der Waals surface area (Å²) in [6.07, 6.45) is 3.91. The van der Waals surface area contributed by atoms with Gasteiger partial charge in [0.1, 0.15) is 6.33 Å². The van der Waals surface area contributed by atoms with E-state index in [0.717, 1.165) is 44.8 Å². The van der Waals surface area contributed by atoms with Crippen molar-refractivity contribution in [2.75, 3.05) is 39.9 Å². The first-order chi connectivity index (χ1) is 13.7. The fraction of sp³-hybridized carbons (Fsp3) is 0.550. The lowest BCUT2D eigenvalue weighted by molar-refractivity contribution is 0.110. The Morgan fingerprint density at radius 2 is 1.89 bits per heavy atom. The van der Waals surface area contributed by atoms with E-state index in [1.807, 2.05) is 9.47 Å². The zero-order chi connectivity index (χ0) is 19.3. The Morgan fingerprint density at radius 3 is 2.57 bits per heavy atom. The highest BCUT2D eigenvalue weighted by molar-refractivity contribution is 5.74. The Bertz CT molecular complexity index is 774. The first kappa shape index (κ1) is 18.9. The van der Waals surface area contributed by atoms with Crippen LogP contribution in [0.5, 0.6) is 0 Å². The summed E-state index contributed by atoms with van der Waals surface area (Å²) in [5, 5.41) is 11.0. The van der Waals surface area contributed by atoms with Gasteiger partial charge in [-0.05, 0) is 24.0 Å². The average molecular weight is 384 g/mol. The maximum absolute atomic E-state index is 12.5. The molecule has 0 unspecified atom stereocenters. The number of ether oxygens (including phenoxy) is 1. The molecule has 1 fully saturated rings. The van der Waals surface area contributed by atoms with Crippen LogP contribution in [0.4, 0.5) is 4.79 Å². The molecule has 1 aliphatic heterocycles. The van der Waals surface area contributed by atoms with Crippen LogP contribution in [0.15, 0.2) is 30.6 Å². The van der Waals surface area contributed by atoms with Gasteiger partial charge in [-0.2, -0.15) is 0 Å². The number of hydrogen-bond acceptors (Lipinski definition) is 5. The van der Waals surface area contributed by atoms with Crippen molar-refractivity contribution in [3.05, 3.63) is 47.5 Å². The summed E-state index contributed by atoms with van der Waals surface area (Å²) in [6.45, 7) is 5.01. The van der Waals surface area contributed by atoms with Gasteiger partial charge in [0, 0.05) is 45.9 Å². The standard InChI is InChI=1S/C20H28N6O2/c1-28-11-10-26-15-22-23-19(26)14-21-20(27)25-8-6-24(7-9-25)18-12-16-4-2-3-5-17(16)13-18/h2-5,15,18H,6-14H2,1H3,(H,21,27). The van der Waals surface area contributed by atoms with Gasteiger partial charge in [0.2, 0.25) is 0 Å². The molecule has 1 aromatic heterocycles. The summed E-state index contributed by atoms with van der Waals surface area (Å²) in [7, 11) is 1.66. The Hall–Kier alpha value is -2.45. The summed E-state index contributed by atoms with van der Waals surface area (Å²) in [5.41, 5.74) is 2.95. The molecule has 2 aromatic rings. The van der Waals surface area contributed by atoms with Gasteiger partial charge < -0.3 is 19.5 Å². The molecule has 0 radical (unpaired) electrons. The maximum Gasteiger partial charge on any atom is 0.317 e. The molecule has 2 heterocycles. The van der Waals surface area contributed by atoms with Crippen molar-refractivity contribution in [2.45, 2.75) is 32.0 Å². The first-order valence-corrected chi connectivity index (χ1v) is 9.94. The quantitative estimate of drug-likeness (QED) is 0.802. The van der Waals surface area contributed by atoms with Gasteiger partial charge in [-0.25, -0.2) is 4.79 Å². The molecule has 0 saturated carbocycles. The van der Waals surface area contributed by atoms with E-state index in [1.54, 1.807) is 13.4 Å². The van der Waals surface area contributed by atoms with Crippen molar-refractivity contribution >= 4 is 6.03 Å². The van der Waals surface area contributed by atoms with Crippen LogP contribution in [-0.2, 0) is 30.7 Å². The number of methoxy groups -OCH3 is 1. The molecule has 1 N–H and O–H groups in total. The summed E-state index contributed by atoms with van der Waals surface area (Å²) in [6, 6.07) is 9.27. The number of urea groups is 1. The van der Waals surface area contributed by atoms with Crippen LogP contribution >= 0.6 is 0 Å². The van der Waals surface area contributed by atoms with Crippen molar-refractivity contribution in [3.63, 3.8) is 0 Å². The van der Waals surface area contributed by atoms with Crippen molar-refractivity contribution in [1.29, 1.82) is 0 Å². The van der Waals surface area contributed by atoms with E-state index in [-0.39, 0.29) is 6.03 Å². The Labute approximate surface area is 165 Å². The minimum absolute atomic E-state index is 0.0318. The van der Waals surface area contributed by atoms with Crippen molar-refractivity contribution in [3.8, 4) is 0 Å². The van der Waals surface area contributed by atoms with Gasteiger partial charge in [-0.1, -0.05) is 24.3 Å². The van der Waals surface area contributed by atoms with Crippen LogP contribution in [0.25, 0.3) is 0 Å². The van der Waals surface area contributed by atoms with Gasteiger partial charge >= 0.3 is 6.03 Å². The van der Waals surface area contributed by atoms with Crippen molar-refractivity contribution in [2.24, 2.45) is 0 Å². The Balaban J connectivity index is 1.23. The second-order valence-corrected chi connectivity index (χ2v) is 7.45. The minimum atomic E-state index is -0.0318. The molecule has 0 bridgehead atoms. The second kappa shape index (κ2) is 8.70. The number of rotatable bonds is 6. The molecule has 4 rings (SSSR count). The van der Waals surface area contributed by atoms with Crippen molar-refractivity contribution in [1.82, 2.24) is 29.9 Å². The monoisotopic (exact) mass is 384 g/mol. The molecule has 0 atom stereocenters. The SMILES string of the molecule is COCCn1cnnc1CNC(=O)N1CCN(C2Cc3ccccc3C2)CC1. The number of amides is 2. The highest BCUT2D eigenvalue weighted by Crippen LogP contribution is 2.26. The molecule has 28 heavy (non-hydrogen) atoms. The van der Waals surface area contributed by atoms with E-state index in [1.165, 1.54) is 11.1 Å². The number of fused-ring (bicyclic) bond motifs is 1. The van der Waals surface area contributed by atoms with E-state index in [9.17, 15) is 4.79 Å². The number of nitrogens with one attached hydrogen (secondary N) is 1. The van der Waals surface area contributed by atoms with Crippen molar-refractivity contribution < 1.29 is 9.53 Å². The van der Waals surface area contributed by atoms with Crippen LogP contribution in [-0.4, -0.2) is 76.5 Å². The largest absolute Gasteiger partial charge is 0.383 e. The molecule has 2 aliphatic rings. The molecular weight excluding hydrogens is 356 g/mol. The fourth-order valence-corrected chi connectivity index (χ4v) is 4.14. The number of nitrogens with zero attached hydrogens (tertiary/aromatic N) is 5. The normalized spacial score (nSPS) is 17.7. The summed E-state index contributed by atoms with van der Waals surface area (Å²) < 4.78 is 6.99. The highest BCUT2D eigenvalue weighted by Gasteiger charge is 2.30. The lowest BCUT2D eigenvalue weighted by atomic mass is 10.1. The van der Waals surface area contributed by atoms with Crippen LogP contribution in [0.2, 0.25) is 0 Å². The third kappa shape index (κ3) is 4.18. The second-order valence-electron chi connectivity index (χ2n) is 7.45. The third-order valence-electron chi connectivity index (χ3n) is 5.78. The van der Waals surface area contributed by atoms with Crippen LogP contribution in [0.3, 0.4) is 0 Å². The Kier molecular flexibility index (Phi) is 5.87. The third-order valence-corrected chi connectivity index (χ3v) is 5.78. The number of aromatic nitrogens is 3. The molecule has 1 aromatic carbocycles. The number of carbonyl (C=O) groups is 1. The molecular formula is C20H28N6O2. The molecule has 1 aliphatic carbocycles. The van der Waals surface area contributed by atoms with E-state index < -0.39 is 0 Å². The van der Waals surface area contributed by atoms with Gasteiger partial charge in [0.05, 0.1) is 13.2 Å². The number of carbonyl (C=O) groups excluding carboxylic acids is 1. The zero-order valence-electron chi connectivity index (χ0n) is 16.4. The number of benzene rings is 1. The molecule has 2 amide bonds. The maximum atomic E-state index is 12.5. The molecule has 8 heteroatoms. The summed E-state index contributed by atoms with van der Waals surface area (Å²) in [5.74, 6) is 0.743. The van der Waals surface area contributed by atoms with E-state index in [0.29, 0.717) is 25.7 Å². The molecule has 150 valence electrons. The van der Waals surface area contributed by atoms with Crippen LogP contribution in [0, 0.1) is 0 Å².